The summed E-state index contributed by atoms with van der Waals surface area (Å²) in [4.78, 5) is 0. The van der Waals surface area contributed by atoms with E-state index in [9.17, 15) is 26.3 Å². The number of alkyl halides is 6. The van der Waals surface area contributed by atoms with E-state index < -0.39 is 23.7 Å². The standard InChI is InChI=1S/C16H12F6O/c1-14(17,16(20,21)22)23-15(18,19)13-10-6-5-9-12(13)11-7-3-2-4-8-11/h2-10H,1H3. The van der Waals surface area contributed by atoms with E-state index in [0.717, 1.165) is 6.07 Å². The molecule has 1 unspecified atom stereocenters. The topological polar surface area (TPSA) is 9.23 Å². The maximum absolute atomic E-state index is 14.2. The first-order valence-corrected chi connectivity index (χ1v) is 6.53. The Hall–Kier alpha value is -2.02. The zero-order valence-corrected chi connectivity index (χ0v) is 11.9. The summed E-state index contributed by atoms with van der Waals surface area (Å²) in [5.74, 6) is -4.49. The third-order valence-corrected chi connectivity index (χ3v) is 3.15. The molecule has 7 heteroatoms. The van der Waals surface area contributed by atoms with Gasteiger partial charge in [0.25, 0.3) is 0 Å². The smallest absolute Gasteiger partial charge is 0.271 e. The Morgan fingerprint density at radius 3 is 1.83 bits per heavy atom. The fourth-order valence-electron chi connectivity index (χ4n) is 1.96. The van der Waals surface area contributed by atoms with Crippen LogP contribution in [0.4, 0.5) is 26.3 Å². The summed E-state index contributed by atoms with van der Waals surface area (Å²) >= 11 is 0. The van der Waals surface area contributed by atoms with E-state index in [1.165, 1.54) is 30.3 Å². The quantitative estimate of drug-likeness (QED) is 0.655. The molecule has 0 heterocycles. The molecule has 0 aromatic heterocycles. The Bertz CT molecular complexity index is 664. The van der Waals surface area contributed by atoms with Gasteiger partial charge in [-0.25, -0.2) is 4.39 Å². The molecular formula is C16H12F6O. The zero-order valence-electron chi connectivity index (χ0n) is 11.9. The van der Waals surface area contributed by atoms with Crippen molar-refractivity contribution in [1.82, 2.24) is 0 Å². The normalized spacial score (nSPS) is 15.3. The molecule has 1 atom stereocenters. The highest BCUT2D eigenvalue weighted by Crippen LogP contribution is 2.44. The maximum Gasteiger partial charge on any atom is 0.448 e. The van der Waals surface area contributed by atoms with Crippen molar-refractivity contribution in [2.45, 2.75) is 25.1 Å². The van der Waals surface area contributed by atoms with Crippen molar-refractivity contribution in [3.63, 3.8) is 0 Å². The number of hydrogen-bond acceptors (Lipinski definition) is 1. The van der Waals surface area contributed by atoms with E-state index in [-0.39, 0.29) is 12.5 Å². The minimum Gasteiger partial charge on any atom is -0.271 e. The number of halogens is 6. The second-order valence-electron chi connectivity index (χ2n) is 4.95. The van der Waals surface area contributed by atoms with Gasteiger partial charge in [0, 0.05) is 6.92 Å². The largest absolute Gasteiger partial charge is 0.448 e. The fourth-order valence-corrected chi connectivity index (χ4v) is 1.96. The third-order valence-electron chi connectivity index (χ3n) is 3.15. The van der Waals surface area contributed by atoms with Crippen LogP contribution in [0.1, 0.15) is 12.5 Å². The first-order valence-electron chi connectivity index (χ1n) is 6.53. The average Bonchev–Trinajstić information content (AvgIpc) is 2.46. The molecule has 23 heavy (non-hydrogen) atoms. The predicted molar refractivity (Wildman–Crippen MR) is 72.4 cm³/mol. The Balaban J connectivity index is 2.46. The summed E-state index contributed by atoms with van der Waals surface area (Å²) < 4.78 is 82.7. The molecule has 2 aromatic rings. The summed E-state index contributed by atoms with van der Waals surface area (Å²) in [6.07, 6.45) is -10.1. The highest BCUT2D eigenvalue weighted by Gasteiger charge is 2.59. The Morgan fingerprint density at radius 1 is 0.739 bits per heavy atom. The first-order chi connectivity index (χ1) is 10.5. The van der Waals surface area contributed by atoms with Crippen LogP contribution in [0.15, 0.2) is 54.6 Å². The summed E-state index contributed by atoms with van der Waals surface area (Å²) in [5, 5.41) is 0. The monoisotopic (exact) mass is 334 g/mol. The van der Waals surface area contributed by atoms with E-state index in [2.05, 4.69) is 4.74 Å². The second-order valence-corrected chi connectivity index (χ2v) is 4.95. The van der Waals surface area contributed by atoms with Gasteiger partial charge >= 0.3 is 18.1 Å². The zero-order chi connectivity index (χ0) is 17.3. The molecule has 2 rings (SSSR count). The Kier molecular flexibility index (Phi) is 4.43. The molecule has 0 spiro atoms. The van der Waals surface area contributed by atoms with Gasteiger partial charge in [-0.15, -0.1) is 0 Å². The van der Waals surface area contributed by atoms with Crippen LogP contribution in [-0.4, -0.2) is 12.0 Å². The van der Waals surface area contributed by atoms with Gasteiger partial charge in [-0.3, -0.25) is 4.74 Å². The molecule has 0 saturated heterocycles. The van der Waals surface area contributed by atoms with Crippen molar-refractivity contribution in [2.75, 3.05) is 0 Å². The molecular weight excluding hydrogens is 322 g/mol. The fraction of sp³-hybridized carbons (Fsp3) is 0.250. The van der Waals surface area contributed by atoms with Gasteiger partial charge in [0.1, 0.15) is 0 Å². The van der Waals surface area contributed by atoms with Gasteiger partial charge < -0.3 is 0 Å². The van der Waals surface area contributed by atoms with Crippen LogP contribution in [0.5, 0.6) is 0 Å². The van der Waals surface area contributed by atoms with Crippen molar-refractivity contribution >= 4 is 0 Å². The minimum absolute atomic E-state index is 0.0453. The highest BCUT2D eigenvalue weighted by atomic mass is 19.4. The predicted octanol–water partition coefficient (Wildman–Crippen LogP) is 5.67. The lowest BCUT2D eigenvalue weighted by Crippen LogP contribution is -2.44. The van der Waals surface area contributed by atoms with Crippen LogP contribution in [0.3, 0.4) is 0 Å². The van der Waals surface area contributed by atoms with Gasteiger partial charge in [-0.1, -0.05) is 48.5 Å². The molecule has 2 aromatic carbocycles. The molecule has 0 amide bonds. The first kappa shape index (κ1) is 17.3. The van der Waals surface area contributed by atoms with E-state index in [1.807, 2.05) is 0 Å². The van der Waals surface area contributed by atoms with Crippen molar-refractivity contribution in [3.8, 4) is 11.1 Å². The molecule has 0 N–H and O–H groups in total. The van der Waals surface area contributed by atoms with Gasteiger partial charge in [0.2, 0.25) is 0 Å². The van der Waals surface area contributed by atoms with Crippen LogP contribution in [0.2, 0.25) is 0 Å². The number of benzene rings is 2. The van der Waals surface area contributed by atoms with Crippen molar-refractivity contribution in [1.29, 1.82) is 0 Å². The lowest BCUT2D eigenvalue weighted by Gasteiger charge is -2.29. The van der Waals surface area contributed by atoms with Crippen molar-refractivity contribution < 1.29 is 31.1 Å². The van der Waals surface area contributed by atoms with Crippen LogP contribution in [-0.2, 0) is 10.8 Å². The molecule has 0 radical (unpaired) electrons. The van der Waals surface area contributed by atoms with Gasteiger partial charge in [-0.05, 0) is 17.2 Å². The van der Waals surface area contributed by atoms with Gasteiger partial charge in [-0.2, -0.15) is 22.0 Å². The lowest BCUT2D eigenvalue weighted by atomic mass is 9.99. The van der Waals surface area contributed by atoms with Crippen LogP contribution in [0.25, 0.3) is 11.1 Å². The third kappa shape index (κ3) is 3.67. The molecule has 0 aliphatic rings. The molecule has 0 aliphatic carbocycles. The van der Waals surface area contributed by atoms with Gasteiger partial charge in [0.15, 0.2) is 0 Å². The molecule has 124 valence electrons. The van der Waals surface area contributed by atoms with E-state index in [0.29, 0.717) is 5.56 Å². The van der Waals surface area contributed by atoms with Crippen LogP contribution in [0, 0.1) is 0 Å². The molecule has 0 saturated carbocycles. The van der Waals surface area contributed by atoms with Crippen molar-refractivity contribution in [3.05, 3.63) is 60.2 Å². The summed E-state index contributed by atoms with van der Waals surface area (Å²) in [6, 6.07) is 12.7. The lowest BCUT2D eigenvalue weighted by molar-refractivity contribution is -0.410. The highest BCUT2D eigenvalue weighted by molar-refractivity contribution is 5.67. The molecule has 0 bridgehead atoms. The number of hydrogen-bond donors (Lipinski definition) is 0. The van der Waals surface area contributed by atoms with Gasteiger partial charge in [0.05, 0.1) is 5.56 Å². The minimum atomic E-state index is -5.59. The number of rotatable bonds is 4. The van der Waals surface area contributed by atoms with Crippen LogP contribution >= 0.6 is 0 Å². The summed E-state index contributed by atoms with van der Waals surface area (Å²) in [6.45, 7) is -0.0912. The molecule has 0 fully saturated rings. The van der Waals surface area contributed by atoms with E-state index in [4.69, 9.17) is 0 Å². The second kappa shape index (κ2) is 5.88. The Morgan fingerprint density at radius 2 is 1.26 bits per heavy atom. The van der Waals surface area contributed by atoms with E-state index in [1.54, 1.807) is 18.2 Å². The molecule has 1 nitrogen and oxygen atoms in total. The Labute approximate surface area is 128 Å². The van der Waals surface area contributed by atoms with E-state index >= 15 is 0 Å². The average molecular weight is 334 g/mol. The molecule has 0 aliphatic heterocycles. The SMILES string of the molecule is CC(F)(OC(F)(F)c1ccccc1-c1ccccc1)C(F)(F)F. The summed E-state index contributed by atoms with van der Waals surface area (Å²) in [5.41, 5.74) is -0.547. The van der Waals surface area contributed by atoms with Crippen molar-refractivity contribution in [2.24, 2.45) is 0 Å². The maximum atomic E-state index is 14.2. The number of ether oxygens (including phenoxy) is 1. The summed E-state index contributed by atoms with van der Waals surface area (Å²) in [7, 11) is 0. The van der Waals surface area contributed by atoms with Crippen LogP contribution < -0.4 is 0 Å².